The zero-order valence-corrected chi connectivity index (χ0v) is 16.3. The van der Waals surface area contributed by atoms with Crippen LogP contribution in [-0.4, -0.2) is 25.4 Å². The number of benzene rings is 1. The predicted octanol–water partition coefficient (Wildman–Crippen LogP) is 4.18. The molecule has 11 heteroatoms. The molecule has 0 saturated carbocycles. The first-order valence-electron chi connectivity index (χ1n) is 6.32. The van der Waals surface area contributed by atoms with E-state index in [9.17, 15) is 14.9 Å². The number of carbonyl (C=O) groups is 1. The number of nitrogens with one attached hydrogen (secondary N) is 1. The van der Waals surface area contributed by atoms with Crippen molar-refractivity contribution in [2.75, 3.05) is 5.32 Å². The fraction of sp³-hybridized carbons (Fsp3) is 0. The van der Waals surface area contributed by atoms with E-state index in [0.717, 1.165) is 0 Å². The van der Waals surface area contributed by atoms with Gasteiger partial charge in [0.15, 0.2) is 11.3 Å². The number of non-ortho nitro benzene ring substituents is 1. The zero-order chi connectivity index (χ0) is 17.4. The molecule has 0 fully saturated rings. The Morgan fingerprint density at radius 1 is 1.25 bits per heavy atom. The van der Waals surface area contributed by atoms with Gasteiger partial charge in [-0.25, -0.2) is 9.50 Å². The maximum absolute atomic E-state index is 12.5. The number of hydrogen-bond donors (Lipinski definition) is 1. The molecule has 1 amide bonds. The van der Waals surface area contributed by atoms with Gasteiger partial charge in [-0.15, -0.1) is 0 Å². The van der Waals surface area contributed by atoms with E-state index in [0.29, 0.717) is 24.8 Å². The normalized spacial score (nSPS) is 10.8. The second-order valence-electron chi connectivity index (χ2n) is 4.55. The number of halogens is 3. The van der Waals surface area contributed by atoms with E-state index >= 15 is 0 Å². The molecule has 0 saturated heterocycles. The standard InChI is InChI=1S/C13H6Br3N5O3/c14-7-4-6(21(23)24)5-8(15)10(7)18-13(22)11-9(16)12-17-2-1-3-20(12)19-11/h1-5H,(H,18,22). The highest BCUT2D eigenvalue weighted by molar-refractivity contribution is 9.11. The lowest BCUT2D eigenvalue weighted by Crippen LogP contribution is -2.14. The highest BCUT2D eigenvalue weighted by atomic mass is 79.9. The molecule has 3 aromatic rings. The highest BCUT2D eigenvalue weighted by Crippen LogP contribution is 2.35. The minimum Gasteiger partial charge on any atom is -0.319 e. The Hall–Kier alpha value is -1.85. The number of carbonyl (C=O) groups excluding carboxylic acids is 1. The van der Waals surface area contributed by atoms with Crippen molar-refractivity contribution in [3.8, 4) is 0 Å². The van der Waals surface area contributed by atoms with Gasteiger partial charge in [0.2, 0.25) is 0 Å². The molecule has 0 unspecified atom stereocenters. The molecule has 0 radical (unpaired) electrons. The van der Waals surface area contributed by atoms with Gasteiger partial charge in [-0.05, 0) is 53.9 Å². The Labute approximate surface area is 159 Å². The van der Waals surface area contributed by atoms with Crippen molar-refractivity contribution in [2.45, 2.75) is 0 Å². The number of rotatable bonds is 3. The van der Waals surface area contributed by atoms with Crippen LogP contribution in [0.25, 0.3) is 5.65 Å². The van der Waals surface area contributed by atoms with E-state index < -0.39 is 10.8 Å². The summed E-state index contributed by atoms with van der Waals surface area (Å²) in [7, 11) is 0. The van der Waals surface area contributed by atoms with E-state index in [2.05, 4.69) is 63.2 Å². The molecule has 2 aromatic heterocycles. The van der Waals surface area contributed by atoms with Gasteiger partial charge < -0.3 is 5.32 Å². The fourth-order valence-electron chi connectivity index (χ4n) is 1.96. The van der Waals surface area contributed by atoms with Gasteiger partial charge in [0.05, 0.1) is 15.1 Å². The van der Waals surface area contributed by atoms with Gasteiger partial charge in [-0.3, -0.25) is 14.9 Å². The number of nitro groups is 1. The molecular formula is C13H6Br3N5O3. The minimum absolute atomic E-state index is 0.107. The molecule has 0 aliphatic carbocycles. The number of nitro benzene ring substituents is 1. The SMILES string of the molecule is O=C(Nc1c(Br)cc([N+](=O)[O-])cc1Br)c1nn2cccnc2c1Br. The Bertz CT molecular complexity index is 965. The molecule has 1 aromatic carbocycles. The first kappa shape index (κ1) is 17.0. The summed E-state index contributed by atoms with van der Waals surface area (Å²) in [5.41, 5.74) is 0.905. The third-order valence-electron chi connectivity index (χ3n) is 3.03. The topological polar surface area (TPSA) is 102 Å². The van der Waals surface area contributed by atoms with Crippen molar-refractivity contribution in [1.82, 2.24) is 14.6 Å². The molecular weight excluding hydrogens is 514 g/mol. The van der Waals surface area contributed by atoms with E-state index in [4.69, 9.17) is 0 Å². The Kier molecular flexibility index (Phi) is 4.65. The molecule has 0 bridgehead atoms. The lowest BCUT2D eigenvalue weighted by Gasteiger charge is -2.08. The maximum atomic E-state index is 12.5. The van der Waals surface area contributed by atoms with Crippen molar-refractivity contribution in [3.05, 3.63) is 59.8 Å². The van der Waals surface area contributed by atoms with E-state index in [1.165, 1.54) is 16.6 Å². The smallest absolute Gasteiger partial charge is 0.277 e. The largest absolute Gasteiger partial charge is 0.319 e. The molecule has 8 nitrogen and oxygen atoms in total. The van der Waals surface area contributed by atoms with Crippen LogP contribution in [0.5, 0.6) is 0 Å². The van der Waals surface area contributed by atoms with Gasteiger partial charge in [-0.2, -0.15) is 5.10 Å². The third-order valence-corrected chi connectivity index (χ3v) is 5.01. The minimum atomic E-state index is -0.522. The first-order chi connectivity index (χ1) is 11.4. The Morgan fingerprint density at radius 3 is 2.50 bits per heavy atom. The van der Waals surface area contributed by atoms with Crippen molar-refractivity contribution < 1.29 is 9.72 Å². The van der Waals surface area contributed by atoms with Crippen LogP contribution in [0, 0.1) is 10.1 Å². The van der Waals surface area contributed by atoms with Crippen LogP contribution in [-0.2, 0) is 0 Å². The summed E-state index contributed by atoms with van der Waals surface area (Å²) in [4.78, 5) is 27.0. The second-order valence-corrected chi connectivity index (χ2v) is 7.05. The summed E-state index contributed by atoms with van der Waals surface area (Å²) in [5, 5.41) is 17.7. The molecule has 1 N–H and O–H groups in total. The van der Waals surface area contributed by atoms with Crippen LogP contribution < -0.4 is 5.32 Å². The molecule has 0 spiro atoms. The monoisotopic (exact) mass is 517 g/mol. The Morgan fingerprint density at radius 2 is 1.92 bits per heavy atom. The number of fused-ring (bicyclic) bond motifs is 1. The highest BCUT2D eigenvalue weighted by Gasteiger charge is 2.21. The predicted molar refractivity (Wildman–Crippen MR) is 97.1 cm³/mol. The van der Waals surface area contributed by atoms with Crippen LogP contribution in [0.4, 0.5) is 11.4 Å². The van der Waals surface area contributed by atoms with Crippen LogP contribution in [0.2, 0.25) is 0 Å². The van der Waals surface area contributed by atoms with Crippen molar-refractivity contribution in [2.24, 2.45) is 0 Å². The van der Waals surface area contributed by atoms with Gasteiger partial charge in [-0.1, -0.05) is 0 Å². The molecule has 2 heterocycles. The zero-order valence-electron chi connectivity index (χ0n) is 11.5. The van der Waals surface area contributed by atoms with Gasteiger partial charge >= 0.3 is 0 Å². The first-order valence-corrected chi connectivity index (χ1v) is 8.70. The van der Waals surface area contributed by atoms with E-state index in [1.807, 2.05) is 0 Å². The molecule has 24 heavy (non-hydrogen) atoms. The average molecular weight is 520 g/mol. The van der Waals surface area contributed by atoms with Gasteiger partial charge in [0.1, 0.15) is 0 Å². The summed E-state index contributed by atoms with van der Waals surface area (Å²) >= 11 is 9.76. The van der Waals surface area contributed by atoms with Crippen molar-refractivity contribution >= 4 is 70.7 Å². The summed E-state index contributed by atoms with van der Waals surface area (Å²) in [6, 6.07) is 4.30. The molecule has 3 rings (SSSR count). The second kappa shape index (κ2) is 6.57. The lowest BCUT2D eigenvalue weighted by molar-refractivity contribution is -0.385. The Balaban J connectivity index is 1.97. The summed E-state index contributed by atoms with van der Waals surface area (Å²) < 4.78 is 2.67. The van der Waals surface area contributed by atoms with Crippen LogP contribution >= 0.6 is 47.8 Å². The summed E-state index contributed by atoms with van der Waals surface area (Å²) in [6.45, 7) is 0. The van der Waals surface area contributed by atoms with Gasteiger partial charge in [0, 0.05) is 33.5 Å². The van der Waals surface area contributed by atoms with Crippen molar-refractivity contribution in [3.63, 3.8) is 0 Å². The van der Waals surface area contributed by atoms with Crippen LogP contribution in [0.3, 0.4) is 0 Å². The van der Waals surface area contributed by atoms with Crippen molar-refractivity contribution in [1.29, 1.82) is 0 Å². The summed E-state index contributed by atoms with van der Waals surface area (Å²) in [5.74, 6) is -0.484. The number of hydrogen-bond acceptors (Lipinski definition) is 5. The van der Waals surface area contributed by atoms with Crippen LogP contribution in [0.1, 0.15) is 10.5 Å². The van der Waals surface area contributed by atoms with E-state index in [1.54, 1.807) is 18.5 Å². The maximum Gasteiger partial charge on any atom is 0.277 e. The number of amides is 1. The molecule has 0 atom stereocenters. The summed E-state index contributed by atoms with van der Waals surface area (Å²) in [6.07, 6.45) is 3.26. The van der Waals surface area contributed by atoms with Gasteiger partial charge in [0.25, 0.3) is 11.6 Å². The van der Waals surface area contributed by atoms with Crippen LogP contribution in [0.15, 0.2) is 44.0 Å². The third kappa shape index (κ3) is 3.06. The number of anilines is 1. The molecule has 122 valence electrons. The lowest BCUT2D eigenvalue weighted by atomic mass is 10.2. The van der Waals surface area contributed by atoms with E-state index in [-0.39, 0.29) is 11.4 Å². The molecule has 0 aliphatic rings. The fourth-order valence-corrected chi connectivity index (χ4v) is 3.87. The number of nitrogens with zero attached hydrogens (tertiary/aromatic N) is 4. The average Bonchev–Trinajstić information content (AvgIpc) is 2.88. The molecule has 0 aliphatic heterocycles. The number of aromatic nitrogens is 3. The quantitative estimate of drug-likeness (QED) is 0.413.